The minimum absolute atomic E-state index is 0.163. The van der Waals surface area contributed by atoms with E-state index >= 15 is 0 Å². The van der Waals surface area contributed by atoms with Gasteiger partial charge in [0.2, 0.25) is 0 Å². The Hall–Kier alpha value is -2.31. The summed E-state index contributed by atoms with van der Waals surface area (Å²) in [6.07, 6.45) is 11.0. The SMILES string of the molecule is Cc1[c-]c2c(cc1C(C)(C)C)-c1cc(C(C)(C)C)c(C)cc1C2.Clc1cc[c-]cc1.Clc1cc[c-]cc1.[C-]1=CC=CC1.[CH2]=[Zr]. The van der Waals surface area contributed by atoms with Crippen molar-refractivity contribution in [3.63, 3.8) is 0 Å². The predicted octanol–water partition coefficient (Wildman–Crippen LogP) is 11.8. The van der Waals surface area contributed by atoms with E-state index in [-0.39, 0.29) is 10.8 Å². The van der Waals surface area contributed by atoms with Crippen molar-refractivity contribution in [2.45, 2.75) is 79.1 Å². The Kier molecular flexibility index (Phi) is 15.5. The van der Waals surface area contributed by atoms with Crippen LogP contribution in [0.15, 0.2) is 85.0 Å². The van der Waals surface area contributed by atoms with Crippen molar-refractivity contribution < 1.29 is 24.2 Å². The summed E-state index contributed by atoms with van der Waals surface area (Å²) in [5.41, 5.74) is 11.6. The van der Waals surface area contributed by atoms with Crippen LogP contribution >= 0.6 is 23.2 Å². The van der Waals surface area contributed by atoms with Crippen molar-refractivity contribution >= 4 is 27.4 Å². The van der Waals surface area contributed by atoms with Crippen LogP contribution < -0.4 is 0 Å². The maximum absolute atomic E-state index is 5.52. The Morgan fingerprint density at radius 1 is 0.727 bits per heavy atom. The number of hydrogen-bond acceptors (Lipinski definition) is 0. The summed E-state index contributed by atoms with van der Waals surface area (Å²) in [7, 11) is 0. The van der Waals surface area contributed by atoms with Crippen LogP contribution in [0.2, 0.25) is 10.0 Å². The van der Waals surface area contributed by atoms with Gasteiger partial charge < -0.3 is 0 Å². The molecule has 0 aromatic heterocycles. The number of halogens is 2. The molecule has 0 atom stereocenters. The van der Waals surface area contributed by atoms with Crippen LogP contribution in [0.25, 0.3) is 11.1 Å². The second kappa shape index (κ2) is 18.0. The van der Waals surface area contributed by atoms with Crippen molar-refractivity contribution in [1.82, 2.24) is 0 Å². The molecule has 4 aromatic rings. The van der Waals surface area contributed by atoms with Crippen molar-refractivity contribution in [2.75, 3.05) is 0 Å². The van der Waals surface area contributed by atoms with Gasteiger partial charge in [-0.25, -0.2) is 12.2 Å². The minimum atomic E-state index is 0.163. The van der Waals surface area contributed by atoms with E-state index < -0.39 is 0 Å². The van der Waals surface area contributed by atoms with Crippen LogP contribution in [-0.2, 0) is 41.5 Å². The number of rotatable bonds is 0. The molecule has 230 valence electrons. The Bertz CT molecular complexity index is 1400. The van der Waals surface area contributed by atoms with Crippen molar-refractivity contribution in [3.8, 4) is 11.1 Å². The van der Waals surface area contributed by atoms with Gasteiger partial charge in [-0.05, 0) is 35.4 Å². The maximum atomic E-state index is 5.52. The number of aryl methyl sites for hydroxylation is 2. The monoisotopic (exact) mass is 696 g/mol. The third-order valence-corrected chi connectivity index (χ3v) is 7.52. The van der Waals surface area contributed by atoms with Crippen molar-refractivity contribution in [1.29, 1.82) is 0 Å². The summed E-state index contributed by atoms with van der Waals surface area (Å²) in [6.45, 7) is 18.2. The van der Waals surface area contributed by atoms with Gasteiger partial charge >= 0.3 is 28.4 Å². The zero-order valence-corrected chi connectivity index (χ0v) is 31.4. The van der Waals surface area contributed by atoms with E-state index in [0.717, 1.165) is 22.9 Å². The molecule has 0 radical (unpaired) electrons. The molecule has 0 amide bonds. The van der Waals surface area contributed by atoms with Gasteiger partial charge in [0.05, 0.1) is 0 Å². The van der Waals surface area contributed by atoms with Crippen LogP contribution in [0.1, 0.15) is 81.3 Å². The number of hydrogen-bond donors (Lipinski definition) is 0. The molecule has 0 bridgehead atoms. The zero-order valence-electron chi connectivity index (χ0n) is 27.5. The standard InChI is InChI=1S/C23H29.2C6H4Cl.C5H5.CH2.Zr/c1-14-9-16-11-17-10-15(2)21(23(6,7)8)13-19(17)18(16)12-20(14)22(3,4)5;2*7-6-4-2-1-3-5-6;1-2-4-5-3-1;;/h9,12-13H,11H2,1-8H3;2*2-5H;1-3H,4H2;1H2;/q4*-1;;. The van der Waals surface area contributed by atoms with E-state index in [4.69, 9.17) is 23.2 Å². The summed E-state index contributed by atoms with van der Waals surface area (Å²) in [5, 5.41) is 1.53. The molecule has 4 aromatic carbocycles. The second-order valence-corrected chi connectivity index (χ2v) is 13.5. The number of fused-ring (bicyclic) bond motifs is 3. The van der Waals surface area contributed by atoms with E-state index in [9.17, 15) is 0 Å². The van der Waals surface area contributed by atoms with Crippen molar-refractivity contribution in [3.05, 3.63) is 153 Å². The topological polar surface area (TPSA) is 0 Å². The van der Waals surface area contributed by atoms with E-state index in [1.807, 2.05) is 12.2 Å². The molecule has 2 aliphatic carbocycles. The van der Waals surface area contributed by atoms with Crippen molar-refractivity contribution in [2.24, 2.45) is 0 Å². The predicted molar refractivity (Wildman–Crippen MR) is 190 cm³/mol. The molecule has 0 nitrogen and oxygen atoms in total. The van der Waals surface area contributed by atoms with Gasteiger partial charge in [0.25, 0.3) is 0 Å². The third-order valence-electron chi connectivity index (χ3n) is 7.02. The first kappa shape index (κ1) is 37.9. The van der Waals surface area contributed by atoms with Gasteiger partial charge in [0, 0.05) is 0 Å². The van der Waals surface area contributed by atoms with E-state index in [2.05, 4.69) is 108 Å². The van der Waals surface area contributed by atoms with Gasteiger partial charge in [-0.2, -0.15) is 84.4 Å². The summed E-state index contributed by atoms with van der Waals surface area (Å²) in [5.74, 6) is 0. The van der Waals surface area contributed by atoms with Gasteiger partial charge in [-0.1, -0.05) is 81.6 Å². The molecular weight excluding hydrogens is 655 g/mol. The Labute approximate surface area is 292 Å². The van der Waals surface area contributed by atoms with Gasteiger partial charge in [-0.3, -0.25) is 6.08 Å². The first-order valence-electron chi connectivity index (χ1n) is 14.8. The Morgan fingerprint density at radius 2 is 1.23 bits per heavy atom. The average molecular weight is 699 g/mol. The first-order chi connectivity index (χ1) is 20.8. The van der Waals surface area contributed by atoms with Crippen LogP contribution in [0.3, 0.4) is 0 Å². The molecule has 0 heterocycles. The fourth-order valence-electron chi connectivity index (χ4n) is 5.10. The summed E-state index contributed by atoms with van der Waals surface area (Å²) < 4.78 is 3.34. The zero-order chi connectivity index (χ0) is 32.9. The molecule has 0 saturated heterocycles. The molecule has 0 unspecified atom stereocenters. The van der Waals surface area contributed by atoms with Gasteiger partial charge in [0.15, 0.2) is 0 Å². The second-order valence-electron chi connectivity index (χ2n) is 12.6. The first-order valence-corrected chi connectivity index (χ1v) is 17.3. The average Bonchev–Trinajstić information content (AvgIpc) is 3.65. The third kappa shape index (κ3) is 11.9. The van der Waals surface area contributed by atoms with Crippen LogP contribution in [0.5, 0.6) is 0 Å². The number of allylic oxidation sites excluding steroid dienone is 4. The Morgan fingerprint density at radius 3 is 1.59 bits per heavy atom. The van der Waals surface area contributed by atoms with E-state index in [1.54, 1.807) is 48.5 Å². The van der Waals surface area contributed by atoms with E-state index in [0.29, 0.717) is 0 Å². The fraction of sp³-hybridized carbons (Fsp3) is 0.293. The molecule has 2 aliphatic rings. The molecular formula is C41H44Cl2Zr-4. The van der Waals surface area contributed by atoms with Crippen LogP contribution in [0, 0.1) is 38.1 Å². The van der Waals surface area contributed by atoms with E-state index in [1.165, 1.54) is 68.7 Å². The molecule has 0 aliphatic heterocycles. The van der Waals surface area contributed by atoms with Gasteiger partial charge in [0.1, 0.15) is 0 Å². The fourth-order valence-corrected chi connectivity index (χ4v) is 5.35. The molecule has 44 heavy (non-hydrogen) atoms. The normalized spacial score (nSPS) is 12.1. The molecule has 0 fully saturated rings. The summed E-state index contributed by atoms with van der Waals surface area (Å²) in [6, 6.07) is 30.9. The molecule has 0 saturated carbocycles. The van der Waals surface area contributed by atoms with Crippen LogP contribution in [0.4, 0.5) is 0 Å². The summed E-state index contributed by atoms with van der Waals surface area (Å²) in [4.78, 5) is 0. The Balaban J connectivity index is 0.000000258. The molecule has 0 spiro atoms. The summed E-state index contributed by atoms with van der Waals surface area (Å²) >= 11 is 12.3. The van der Waals surface area contributed by atoms with Gasteiger partial charge in [-0.15, -0.1) is 46.3 Å². The van der Waals surface area contributed by atoms with Crippen LogP contribution in [-0.4, -0.2) is 4.21 Å². The molecule has 6 rings (SSSR count). The number of benzene rings is 4. The molecule has 3 heteroatoms. The molecule has 0 N–H and O–H groups in total. The quantitative estimate of drug-likeness (QED) is 0.141.